The van der Waals surface area contributed by atoms with Crippen molar-refractivity contribution in [1.82, 2.24) is 9.97 Å². The molecule has 0 atom stereocenters. The Balaban J connectivity index is 2.14. The van der Waals surface area contributed by atoms with Gasteiger partial charge >= 0.3 is 0 Å². The molecule has 0 fully saturated rings. The molecule has 19 heavy (non-hydrogen) atoms. The van der Waals surface area contributed by atoms with Crippen molar-refractivity contribution in [2.45, 2.75) is 13.3 Å². The molecule has 1 aromatic heterocycles. The molecule has 6 heteroatoms. The van der Waals surface area contributed by atoms with Gasteiger partial charge in [0.1, 0.15) is 5.82 Å². The number of aromatic nitrogens is 2. The Kier molecular flexibility index (Phi) is 4.82. The predicted octanol–water partition coefficient (Wildman–Crippen LogP) is 4.35. The van der Waals surface area contributed by atoms with Gasteiger partial charge in [-0.25, -0.2) is 4.98 Å². The molecule has 2 aromatic rings. The van der Waals surface area contributed by atoms with Crippen LogP contribution in [-0.4, -0.2) is 16.5 Å². The molecule has 0 unspecified atom stereocenters. The van der Waals surface area contributed by atoms with Gasteiger partial charge in [0, 0.05) is 11.6 Å². The quantitative estimate of drug-likeness (QED) is 0.861. The maximum atomic E-state index is 6.09. The van der Waals surface area contributed by atoms with Crippen LogP contribution in [0, 0.1) is 0 Å². The fraction of sp³-hybridized carbons (Fsp3) is 0.231. The summed E-state index contributed by atoms with van der Waals surface area (Å²) in [4.78, 5) is 8.52. The molecule has 0 aliphatic rings. The summed E-state index contributed by atoms with van der Waals surface area (Å²) >= 11 is 11.9. The lowest BCUT2D eigenvalue weighted by Crippen LogP contribution is -2.04. The van der Waals surface area contributed by atoms with Gasteiger partial charge in [-0.3, -0.25) is 4.98 Å². The number of nitrogens with zero attached hydrogens (tertiary/aromatic N) is 2. The lowest BCUT2D eigenvalue weighted by atomic mass is 10.3. The molecule has 100 valence electrons. The van der Waals surface area contributed by atoms with Gasteiger partial charge in [0.2, 0.25) is 0 Å². The molecule has 0 amide bonds. The molecule has 0 radical (unpaired) electrons. The maximum absolute atomic E-state index is 6.09. The van der Waals surface area contributed by atoms with E-state index in [0.29, 0.717) is 15.9 Å². The highest BCUT2D eigenvalue weighted by Crippen LogP contribution is 2.27. The molecule has 2 N–H and O–H groups in total. The van der Waals surface area contributed by atoms with Crippen LogP contribution in [0.5, 0.6) is 0 Å². The van der Waals surface area contributed by atoms with E-state index in [1.165, 1.54) is 0 Å². The fourth-order valence-corrected chi connectivity index (χ4v) is 1.95. The molecular weight excluding hydrogens is 283 g/mol. The van der Waals surface area contributed by atoms with Gasteiger partial charge in [0.15, 0.2) is 5.82 Å². The normalized spacial score (nSPS) is 10.3. The highest BCUT2D eigenvalue weighted by Gasteiger charge is 2.03. The molecule has 0 bridgehead atoms. The second kappa shape index (κ2) is 6.59. The highest BCUT2D eigenvalue weighted by atomic mass is 35.5. The van der Waals surface area contributed by atoms with E-state index < -0.39 is 0 Å². The number of hydrogen-bond acceptors (Lipinski definition) is 4. The van der Waals surface area contributed by atoms with Crippen molar-refractivity contribution in [2.75, 3.05) is 17.2 Å². The molecule has 4 nitrogen and oxygen atoms in total. The zero-order chi connectivity index (χ0) is 13.7. The molecule has 1 aromatic carbocycles. The molecular formula is C13H14Cl2N4. The number of halogens is 2. The summed E-state index contributed by atoms with van der Waals surface area (Å²) in [6.07, 6.45) is 4.36. The molecule has 0 saturated heterocycles. The average Bonchev–Trinajstić information content (AvgIpc) is 2.40. The zero-order valence-corrected chi connectivity index (χ0v) is 12.0. The Hall–Kier alpha value is -1.52. The molecule has 0 aliphatic carbocycles. The summed E-state index contributed by atoms with van der Waals surface area (Å²) in [6.45, 7) is 2.95. The predicted molar refractivity (Wildman–Crippen MR) is 80.6 cm³/mol. The van der Waals surface area contributed by atoms with Crippen LogP contribution in [0.4, 0.5) is 17.3 Å². The summed E-state index contributed by atoms with van der Waals surface area (Å²) in [5, 5.41) is 7.43. The number of rotatable bonds is 5. The first-order chi connectivity index (χ1) is 9.19. The lowest BCUT2D eigenvalue weighted by Gasteiger charge is -2.09. The maximum Gasteiger partial charge on any atom is 0.151 e. The largest absolute Gasteiger partial charge is 0.369 e. The smallest absolute Gasteiger partial charge is 0.151 e. The second-order valence-electron chi connectivity index (χ2n) is 3.97. The van der Waals surface area contributed by atoms with Crippen LogP contribution >= 0.6 is 23.2 Å². The third kappa shape index (κ3) is 3.98. The topological polar surface area (TPSA) is 49.8 Å². The monoisotopic (exact) mass is 296 g/mol. The first-order valence-electron chi connectivity index (χ1n) is 5.97. The van der Waals surface area contributed by atoms with Crippen molar-refractivity contribution in [3.05, 3.63) is 40.6 Å². The molecule has 1 heterocycles. The lowest BCUT2D eigenvalue weighted by molar-refractivity contribution is 0.965. The fourth-order valence-electron chi connectivity index (χ4n) is 1.49. The summed E-state index contributed by atoms with van der Waals surface area (Å²) in [7, 11) is 0. The van der Waals surface area contributed by atoms with Crippen molar-refractivity contribution in [3.8, 4) is 0 Å². The van der Waals surface area contributed by atoms with Crippen LogP contribution in [0.25, 0.3) is 0 Å². The van der Waals surface area contributed by atoms with Gasteiger partial charge in [-0.15, -0.1) is 0 Å². The second-order valence-corrected chi connectivity index (χ2v) is 4.81. The SMILES string of the molecule is CCCNc1cncc(Nc2ccc(Cl)cc2Cl)n1. The number of benzene rings is 1. The van der Waals surface area contributed by atoms with Gasteiger partial charge in [0.25, 0.3) is 0 Å². The van der Waals surface area contributed by atoms with E-state index in [0.717, 1.165) is 24.5 Å². The van der Waals surface area contributed by atoms with Crippen LogP contribution in [-0.2, 0) is 0 Å². The minimum Gasteiger partial charge on any atom is -0.369 e. The van der Waals surface area contributed by atoms with Crippen LogP contribution in [0.3, 0.4) is 0 Å². The van der Waals surface area contributed by atoms with E-state index in [1.54, 1.807) is 30.6 Å². The zero-order valence-electron chi connectivity index (χ0n) is 10.5. The first-order valence-corrected chi connectivity index (χ1v) is 6.72. The van der Waals surface area contributed by atoms with Gasteiger partial charge in [-0.1, -0.05) is 30.1 Å². The van der Waals surface area contributed by atoms with E-state index in [9.17, 15) is 0 Å². The molecule has 0 saturated carbocycles. The van der Waals surface area contributed by atoms with Gasteiger partial charge in [-0.05, 0) is 24.6 Å². The average molecular weight is 297 g/mol. The van der Waals surface area contributed by atoms with E-state index >= 15 is 0 Å². The molecule has 0 aliphatic heterocycles. The standard InChI is InChI=1S/C13H14Cl2N4/c1-2-5-17-12-7-16-8-13(19-12)18-11-4-3-9(14)6-10(11)15/h3-4,6-8H,2,5H2,1H3,(H2,17,18,19). The van der Waals surface area contributed by atoms with Crippen molar-refractivity contribution >= 4 is 40.5 Å². The number of anilines is 3. The van der Waals surface area contributed by atoms with Crippen molar-refractivity contribution in [2.24, 2.45) is 0 Å². The summed E-state index contributed by atoms with van der Waals surface area (Å²) in [5.41, 5.74) is 0.744. The minimum absolute atomic E-state index is 0.543. The summed E-state index contributed by atoms with van der Waals surface area (Å²) in [5.74, 6) is 1.36. The Labute approximate surface area is 122 Å². The van der Waals surface area contributed by atoms with Crippen LogP contribution < -0.4 is 10.6 Å². The minimum atomic E-state index is 0.543. The Morgan fingerprint density at radius 1 is 1.16 bits per heavy atom. The summed E-state index contributed by atoms with van der Waals surface area (Å²) < 4.78 is 0. The van der Waals surface area contributed by atoms with Crippen LogP contribution in [0.1, 0.15) is 13.3 Å². The highest BCUT2D eigenvalue weighted by molar-refractivity contribution is 6.36. The Morgan fingerprint density at radius 3 is 2.68 bits per heavy atom. The van der Waals surface area contributed by atoms with Crippen molar-refractivity contribution in [3.63, 3.8) is 0 Å². The van der Waals surface area contributed by atoms with E-state index in [1.807, 2.05) is 0 Å². The number of nitrogens with one attached hydrogen (secondary N) is 2. The molecule has 2 rings (SSSR count). The number of hydrogen-bond donors (Lipinski definition) is 2. The Bertz CT molecular complexity index is 560. The van der Waals surface area contributed by atoms with Crippen molar-refractivity contribution < 1.29 is 0 Å². The van der Waals surface area contributed by atoms with Gasteiger partial charge < -0.3 is 10.6 Å². The van der Waals surface area contributed by atoms with Gasteiger partial charge in [0.05, 0.1) is 23.1 Å². The van der Waals surface area contributed by atoms with E-state index in [2.05, 4.69) is 27.5 Å². The van der Waals surface area contributed by atoms with Gasteiger partial charge in [-0.2, -0.15) is 0 Å². The molecule has 0 spiro atoms. The van der Waals surface area contributed by atoms with Crippen LogP contribution in [0.2, 0.25) is 10.0 Å². The third-order valence-corrected chi connectivity index (χ3v) is 2.93. The third-order valence-electron chi connectivity index (χ3n) is 2.38. The first kappa shape index (κ1) is 13.9. The Morgan fingerprint density at radius 2 is 1.95 bits per heavy atom. The van der Waals surface area contributed by atoms with Crippen LogP contribution in [0.15, 0.2) is 30.6 Å². The van der Waals surface area contributed by atoms with E-state index in [4.69, 9.17) is 23.2 Å². The van der Waals surface area contributed by atoms with Crippen molar-refractivity contribution in [1.29, 1.82) is 0 Å². The van der Waals surface area contributed by atoms with E-state index in [-0.39, 0.29) is 0 Å². The summed E-state index contributed by atoms with van der Waals surface area (Å²) in [6, 6.07) is 5.25.